The number of carboxylic acids is 2. The van der Waals surface area contributed by atoms with Crippen molar-refractivity contribution in [1.82, 2.24) is 0 Å². The second-order valence-electron chi connectivity index (χ2n) is 11.9. The van der Waals surface area contributed by atoms with E-state index in [0.29, 0.717) is 32.1 Å². The summed E-state index contributed by atoms with van der Waals surface area (Å²) in [6.07, 6.45) is 11.5. The summed E-state index contributed by atoms with van der Waals surface area (Å²) in [5.41, 5.74) is -1.98. The third-order valence-electron chi connectivity index (χ3n) is 9.61. The van der Waals surface area contributed by atoms with Crippen LogP contribution in [0, 0.1) is 57.2 Å². The van der Waals surface area contributed by atoms with Crippen LogP contribution in [0.1, 0.15) is 77.0 Å². The highest BCUT2D eigenvalue weighted by Gasteiger charge is 2.68. The maximum Gasteiger partial charge on any atom is 0.309 e. The van der Waals surface area contributed by atoms with Crippen molar-refractivity contribution in [3.8, 4) is 11.8 Å². The number of aliphatic carboxylic acids is 2. The van der Waals surface area contributed by atoms with Crippen LogP contribution < -0.4 is 0 Å². The minimum Gasteiger partial charge on any atom is -0.481 e. The van der Waals surface area contributed by atoms with E-state index in [2.05, 4.69) is 11.8 Å². The standard InChI is InChI=1S/C24H30O4.2ClH/c25-19(26)23-10-18-9-22(12-23,13-24(11-18,14-23)20(27)28)2-1-21-6-15-3-16(7-21)5-17(4-15)8-21;;/h15-18H,3-14H2,(H,25,26)(H,27,28);2*1H. The van der Waals surface area contributed by atoms with Crippen LogP contribution in [0.3, 0.4) is 0 Å². The van der Waals surface area contributed by atoms with Crippen LogP contribution in [0.15, 0.2) is 0 Å². The molecule has 0 heterocycles. The summed E-state index contributed by atoms with van der Waals surface area (Å²) < 4.78 is 0. The first-order valence-corrected chi connectivity index (χ1v) is 11.2. The molecule has 6 heteroatoms. The highest BCUT2D eigenvalue weighted by Crippen LogP contribution is 2.70. The Labute approximate surface area is 190 Å². The Bertz CT molecular complexity index is 775. The molecular formula is C24H32Cl2O4. The van der Waals surface area contributed by atoms with Crippen molar-refractivity contribution >= 4 is 36.8 Å². The fourth-order valence-corrected chi connectivity index (χ4v) is 9.58. The first-order chi connectivity index (χ1) is 13.2. The van der Waals surface area contributed by atoms with E-state index in [9.17, 15) is 19.8 Å². The number of carbonyl (C=O) groups is 2. The molecule has 0 aromatic carbocycles. The normalized spacial score (nSPS) is 51.3. The van der Waals surface area contributed by atoms with Crippen LogP contribution >= 0.6 is 24.8 Å². The van der Waals surface area contributed by atoms with Gasteiger partial charge < -0.3 is 10.2 Å². The molecule has 8 aliphatic rings. The molecule has 2 atom stereocenters. The fraction of sp³-hybridized carbons (Fsp3) is 0.833. The molecule has 2 unspecified atom stereocenters. The molecular weight excluding hydrogens is 423 g/mol. The van der Waals surface area contributed by atoms with Gasteiger partial charge in [-0.25, -0.2) is 0 Å². The molecule has 0 aromatic heterocycles. The largest absolute Gasteiger partial charge is 0.481 e. The van der Waals surface area contributed by atoms with Gasteiger partial charge >= 0.3 is 11.9 Å². The van der Waals surface area contributed by atoms with Gasteiger partial charge in [0.2, 0.25) is 0 Å². The molecule has 2 N–H and O–H groups in total. The number of rotatable bonds is 2. The average molecular weight is 455 g/mol. The maximum atomic E-state index is 12.2. The predicted molar refractivity (Wildman–Crippen MR) is 117 cm³/mol. The Balaban J connectivity index is 0.00000109. The van der Waals surface area contributed by atoms with Crippen LogP contribution in [-0.4, -0.2) is 22.2 Å². The number of halogens is 2. The van der Waals surface area contributed by atoms with Crippen LogP contribution in [0.4, 0.5) is 0 Å². The number of hydrogen-bond donors (Lipinski definition) is 2. The minimum atomic E-state index is -0.867. The van der Waals surface area contributed by atoms with E-state index in [0.717, 1.165) is 24.2 Å². The second kappa shape index (κ2) is 6.79. The molecule has 8 saturated carbocycles. The fourth-order valence-electron chi connectivity index (χ4n) is 9.58. The van der Waals surface area contributed by atoms with Crippen LogP contribution in [-0.2, 0) is 9.59 Å². The Hall–Kier alpha value is -0.920. The minimum absolute atomic E-state index is 0. The molecule has 0 radical (unpaired) electrons. The number of hydrogen-bond acceptors (Lipinski definition) is 2. The summed E-state index contributed by atoms with van der Waals surface area (Å²) in [5.74, 6) is 8.57. The SMILES string of the molecule is Cl.Cl.O=C(O)C12CC3CC(C#CC45CC6CC(CC(C6)C4)C5)(C1)CC(C(=O)O)(C3)C2. The summed E-state index contributed by atoms with van der Waals surface area (Å²) >= 11 is 0. The Morgan fingerprint density at radius 2 is 1.00 bits per heavy atom. The van der Waals surface area contributed by atoms with Crippen LogP contribution in [0.5, 0.6) is 0 Å². The molecule has 0 amide bonds. The van der Waals surface area contributed by atoms with Gasteiger partial charge in [-0.05, 0) is 101 Å². The van der Waals surface area contributed by atoms with Crippen molar-refractivity contribution in [2.45, 2.75) is 77.0 Å². The lowest BCUT2D eigenvalue weighted by molar-refractivity contribution is -0.194. The third kappa shape index (κ3) is 3.02. The summed E-state index contributed by atoms with van der Waals surface area (Å²) in [5, 5.41) is 20.1. The van der Waals surface area contributed by atoms with Crippen molar-refractivity contribution in [3.63, 3.8) is 0 Å². The van der Waals surface area contributed by atoms with Crippen LogP contribution in [0.2, 0.25) is 0 Å². The van der Waals surface area contributed by atoms with E-state index in [-0.39, 0.29) is 41.6 Å². The molecule has 0 aromatic rings. The Kier molecular flexibility index (Phi) is 5.04. The van der Waals surface area contributed by atoms with E-state index in [4.69, 9.17) is 0 Å². The highest BCUT2D eigenvalue weighted by molar-refractivity contribution is 5.85. The van der Waals surface area contributed by atoms with Crippen molar-refractivity contribution in [3.05, 3.63) is 0 Å². The van der Waals surface area contributed by atoms with E-state index in [1.165, 1.54) is 38.5 Å². The molecule has 4 nitrogen and oxygen atoms in total. The second-order valence-corrected chi connectivity index (χ2v) is 11.9. The lowest BCUT2D eigenvalue weighted by Gasteiger charge is -2.62. The zero-order valence-corrected chi connectivity index (χ0v) is 19.0. The van der Waals surface area contributed by atoms with Crippen molar-refractivity contribution < 1.29 is 19.8 Å². The monoisotopic (exact) mass is 454 g/mol. The van der Waals surface area contributed by atoms with Gasteiger partial charge in [0.1, 0.15) is 0 Å². The lowest BCUT2D eigenvalue weighted by Crippen LogP contribution is -2.61. The molecule has 30 heavy (non-hydrogen) atoms. The van der Waals surface area contributed by atoms with Crippen LogP contribution in [0.25, 0.3) is 0 Å². The van der Waals surface area contributed by atoms with Gasteiger partial charge in [0.25, 0.3) is 0 Å². The van der Waals surface area contributed by atoms with Gasteiger partial charge in [0.15, 0.2) is 0 Å². The molecule has 0 aliphatic heterocycles. The summed E-state index contributed by atoms with van der Waals surface area (Å²) in [7, 11) is 0. The molecule has 166 valence electrons. The van der Waals surface area contributed by atoms with Crippen molar-refractivity contribution in [1.29, 1.82) is 0 Å². The summed E-state index contributed by atoms with van der Waals surface area (Å²) in [4.78, 5) is 24.5. The highest BCUT2D eigenvalue weighted by atomic mass is 35.5. The zero-order chi connectivity index (χ0) is 19.4. The van der Waals surface area contributed by atoms with Crippen molar-refractivity contribution in [2.75, 3.05) is 0 Å². The van der Waals surface area contributed by atoms with E-state index < -0.39 is 22.8 Å². The number of carboxylic acid groups (broad SMARTS) is 2. The van der Waals surface area contributed by atoms with Gasteiger partial charge in [-0.15, -0.1) is 24.8 Å². The Morgan fingerprint density at radius 1 is 0.600 bits per heavy atom. The topological polar surface area (TPSA) is 74.6 Å². The summed E-state index contributed by atoms with van der Waals surface area (Å²) in [6, 6.07) is 0. The molecule has 8 aliphatic carbocycles. The lowest BCUT2D eigenvalue weighted by atomic mass is 9.39. The molecule has 8 rings (SSSR count). The third-order valence-corrected chi connectivity index (χ3v) is 9.61. The van der Waals surface area contributed by atoms with Gasteiger partial charge in [-0.1, -0.05) is 11.8 Å². The first kappa shape index (κ1) is 22.3. The Morgan fingerprint density at radius 3 is 1.43 bits per heavy atom. The van der Waals surface area contributed by atoms with Gasteiger partial charge in [-0.2, -0.15) is 0 Å². The maximum absolute atomic E-state index is 12.2. The molecule has 0 spiro atoms. The van der Waals surface area contributed by atoms with Gasteiger partial charge in [-0.3, -0.25) is 9.59 Å². The predicted octanol–water partition coefficient (Wildman–Crippen LogP) is 5.18. The van der Waals surface area contributed by atoms with E-state index >= 15 is 0 Å². The van der Waals surface area contributed by atoms with Crippen molar-refractivity contribution in [2.24, 2.45) is 45.3 Å². The first-order valence-electron chi connectivity index (χ1n) is 11.2. The molecule has 8 fully saturated rings. The quantitative estimate of drug-likeness (QED) is 0.563. The summed E-state index contributed by atoms with van der Waals surface area (Å²) in [6.45, 7) is 0. The van der Waals surface area contributed by atoms with E-state index in [1.54, 1.807) is 0 Å². The zero-order valence-electron chi connectivity index (χ0n) is 17.3. The molecule has 0 saturated heterocycles. The van der Waals surface area contributed by atoms with Gasteiger partial charge in [0, 0.05) is 10.8 Å². The van der Waals surface area contributed by atoms with Gasteiger partial charge in [0.05, 0.1) is 10.8 Å². The molecule has 8 bridgehead atoms. The smallest absolute Gasteiger partial charge is 0.309 e. The average Bonchev–Trinajstić information content (AvgIpc) is 2.58. The van der Waals surface area contributed by atoms with E-state index in [1.807, 2.05) is 0 Å².